The summed E-state index contributed by atoms with van der Waals surface area (Å²) < 4.78 is 0. The summed E-state index contributed by atoms with van der Waals surface area (Å²) in [5.41, 5.74) is 1.40. The van der Waals surface area contributed by atoms with Crippen molar-refractivity contribution < 1.29 is 14.4 Å². The van der Waals surface area contributed by atoms with E-state index < -0.39 is 0 Å². The summed E-state index contributed by atoms with van der Waals surface area (Å²) in [4.78, 5) is 38.7. The van der Waals surface area contributed by atoms with Crippen LogP contribution in [-0.4, -0.2) is 35.7 Å². The van der Waals surface area contributed by atoms with E-state index in [9.17, 15) is 14.4 Å². The molecule has 0 spiro atoms. The van der Waals surface area contributed by atoms with Gasteiger partial charge in [-0.15, -0.1) is 0 Å². The zero-order valence-electron chi connectivity index (χ0n) is 16.6. The van der Waals surface area contributed by atoms with Crippen LogP contribution in [0.4, 0.5) is 11.4 Å². The van der Waals surface area contributed by atoms with Gasteiger partial charge in [-0.05, 0) is 48.9 Å². The monoisotopic (exact) mass is 447 g/mol. The third-order valence-electron chi connectivity index (χ3n) is 4.96. The molecule has 1 atom stereocenters. The number of unbranched alkanes of at least 4 members (excludes halogenated alkanes) is 1. The Morgan fingerprint density at radius 2 is 1.83 bits per heavy atom. The maximum atomic E-state index is 12.5. The highest BCUT2D eigenvalue weighted by atomic mass is 35.5. The molecular formula is C22H23Cl2N3O3. The summed E-state index contributed by atoms with van der Waals surface area (Å²) in [6.07, 6.45) is 2.17. The lowest BCUT2D eigenvalue weighted by molar-refractivity contribution is -0.128. The first-order valence-corrected chi connectivity index (χ1v) is 10.6. The number of anilines is 2. The minimum Gasteiger partial charge on any atom is -0.342 e. The van der Waals surface area contributed by atoms with Gasteiger partial charge < -0.3 is 15.5 Å². The number of nitrogens with zero attached hydrogens (tertiary/aromatic N) is 1. The van der Waals surface area contributed by atoms with Crippen LogP contribution in [0, 0.1) is 5.92 Å². The van der Waals surface area contributed by atoms with Gasteiger partial charge in [0, 0.05) is 35.8 Å². The quantitative estimate of drug-likeness (QED) is 0.637. The van der Waals surface area contributed by atoms with Gasteiger partial charge in [0.1, 0.15) is 0 Å². The third-order valence-corrected chi connectivity index (χ3v) is 5.52. The number of carbonyl (C=O) groups is 3. The Labute approximate surface area is 185 Å². The summed E-state index contributed by atoms with van der Waals surface area (Å²) in [6, 6.07) is 11.3. The van der Waals surface area contributed by atoms with Gasteiger partial charge in [0.25, 0.3) is 5.91 Å². The predicted molar refractivity (Wildman–Crippen MR) is 119 cm³/mol. The minimum absolute atomic E-state index is 0.0234. The van der Waals surface area contributed by atoms with Gasteiger partial charge in [-0.1, -0.05) is 36.5 Å². The van der Waals surface area contributed by atoms with Crippen molar-refractivity contribution in [1.82, 2.24) is 4.90 Å². The van der Waals surface area contributed by atoms with Gasteiger partial charge in [-0.3, -0.25) is 14.4 Å². The lowest BCUT2D eigenvalue weighted by atomic mass is 10.1. The maximum Gasteiger partial charge on any atom is 0.255 e. The predicted octanol–water partition coefficient (Wildman–Crippen LogP) is 4.83. The van der Waals surface area contributed by atoms with E-state index in [0.717, 1.165) is 12.8 Å². The summed E-state index contributed by atoms with van der Waals surface area (Å²) in [5.74, 6) is -0.868. The number of carbonyl (C=O) groups excluding carboxylic acids is 3. The molecule has 2 aromatic carbocycles. The van der Waals surface area contributed by atoms with Crippen molar-refractivity contribution in [1.29, 1.82) is 0 Å². The number of halogens is 2. The van der Waals surface area contributed by atoms with Crippen LogP contribution in [-0.2, 0) is 9.59 Å². The van der Waals surface area contributed by atoms with Crippen LogP contribution in [0.15, 0.2) is 42.5 Å². The molecule has 3 amide bonds. The highest BCUT2D eigenvalue weighted by molar-refractivity contribution is 6.35. The van der Waals surface area contributed by atoms with E-state index in [4.69, 9.17) is 23.2 Å². The van der Waals surface area contributed by atoms with E-state index in [-0.39, 0.29) is 30.1 Å². The number of benzene rings is 2. The van der Waals surface area contributed by atoms with Gasteiger partial charge >= 0.3 is 0 Å². The van der Waals surface area contributed by atoms with Crippen molar-refractivity contribution in [2.45, 2.75) is 26.2 Å². The number of rotatable bonds is 7. The molecule has 8 heteroatoms. The third kappa shape index (κ3) is 5.52. The molecule has 1 fully saturated rings. The zero-order chi connectivity index (χ0) is 21.7. The fourth-order valence-corrected chi connectivity index (χ4v) is 3.59. The minimum atomic E-state index is -0.359. The van der Waals surface area contributed by atoms with Crippen molar-refractivity contribution in [2.75, 3.05) is 23.7 Å². The first-order valence-electron chi connectivity index (χ1n) is 9.82. The van der Waals surface area contributed by atoms with Crippen LogP contribution in [0.5, 0.6) is 0 Å². The average molecular weight is 448 g/mol. The normalized spacial score (nSPS) is 15.9. The molecule has 3 rings (SSSR count). The van der Waals surface area contributed by atoms with Gasteiger partial charge in [-0.2, -0.15) is 0 Å². The molecule has 1 saturated heterocycles. The van der Waals surface area contributed by atoms with Gasteiger partial charge in [0.05, 0.1) is 16.6 Å². The Morgan fingerprint density at radius 1 is 1.10 bits per heavy atom. The number of hydrogen-bond donors (Lipinski definition) is 2. The van der Waals surface area contributed by atoms with E-state index >= 15 is 0 Å². The molecular weight excluding hydrogens is 425 g/mol. The molecule has 1 aliphatic heterocycles. The van der Waals surface area contributed by atoms with Crippen LogP contribution in [0.25, 0.3) is 0 Å². The fourth-order valence-electron chi connectivity index (χ4n) is 3.25. The van der Waals surface area contributed by atoms with Crippen LogP contribution < -0.4 is 10.6 Å². The lowest BCUT2D eigenvalue weighted by Crippen LogP contribution is -2.29. The molecule has 6 nitrogen and oxygen atoms in total. The Bertz CT molecular complexity index is 947. The van der Waals surface area contributed by atoms with E-state index in [2.05, 4.69) is 17.6 Å². The summed E-state index contributed by atoms with van der Waals surface area (Å²) in [5, 5.41) is 6.39. The van der Waals surface area contributed by atoms with E-state index in [1.165, 1.54) is 0 Å². The van der Waals surface area contributed by atoms with Crippen LogP contribution in [0.3, 0.4) is 0 Å². The van der Waals surface area contributed by atoms with Crippen LogP contribution in [0.2, 0.25) is 10.0 Å². The fraction of sp³-hybridized carbons (Fsp3) is 0.318. The molecule has 2 N–H and O–H groups in total. The molecule has 30 heavy (non-hydrogen) atoms. The maximum absolute atomic E-state index is 12.5. The SMILES string of the molecule is CCCCN1C[C@H](C(=O)Nc2ccc(C(=O)Nc3cc(Cl)ccc3Cl)cc2)CC1=O. The van der Waals surface area contributed by atoms with Crippen molar-refractivity contribution in [3.8, 4) is 0 Å². The lowest BCUT2D eigenvalue weighted by Gasteiger charge is -2.16. The van der Waals surface area contributed by atoms with Crippen LogP contribution >= 0.6 is 23.2 Å². The number of amides is 3. The molecule has 0 unspecified atom stereocenters. The largest absolute Gasteiger partial charge is 0.342 e. The second-order valence-electron chi connectivity index (χ2n) is 7.24. The van der Waals surface area contributed by atoms with Crippen molar-refractivity contribution in [3.05, 3.63) is 58.1 Å². The zero-order valence-corrected chi connectivity index (χ0v) is 18.1. The first kappa shape index (κ1) is 22.1. The van der Waals surface area contributed by atoms with E-state index in [1.54, 1.807) is 47.4 Å². The topological polar surface area (TPSA) is 78.5 Å². The number of nitrogens with one attached hydrogen (secondary N) is 2. The summed E-state index contributed by atoms with van der Waals surface area (Å²) in [7, 11) is 0. The highest BCUT2D eigenvalue weighted by Crippen LogP contribution is 2.26. The molecule has 158 valence electrons. The standard InChI is InChI=1S/C22H23Cl2N3O3/c1-2-3-10-27-13-15(11-20(27)28)22(30)25-17-7-4-14(5-8-17)21(29)26-19-12-16(23)6-9-18(19)24/h4-9,12,15H,2-3,10-11,13H2,1H3,(H,25,30)(H,26,29)/t15-/m1/s1. The summed E-state index contributed by atoms with van der Waals surface area (Å²) >= 11 is 12.0. The Hall–Kier alpha value is -2.57. The number of hydrogen-bond acceptors (Lipinski definition) is 3. The first-order chi connectivity index (χ1) is 14.4. The molecule has 0 aromatic heterocycles. The molecule has 0 bridgehead atoms. The van der Waals surface area contributed by atoms with Crippen LogP contribution in [0.1, 0.15) is 36.5 Å². The number of likely N-dealkylation sites (tertiary alicyclic amines) is 1. The highest BCUT2D eigenvalue weighted by Gasteiger charge is 2.33. The second kappa shape index (κ2) is 9.96. The molecule has 0 radical (unpaired) electrons. The van der Waals surface area contributed by atoms with Crippen molar-refractivity contribution >= 4 is 52.3 Å². The van der Waals surface area contributed by atoms with E-state index in [1.807, 2.05) is 0 Å². The molecule has 1 aliphatic rings. The Morgan fingerprint density at radius 3 is 2.53 bits per heavy atom. The average Bonchev–Trinajstić information content (AvgIpc) is 3.10. The Kier molecular flexibility index (Phi) is 7.34. The second-order valence-corrected chi connectivity index (χ2v) is 8.08. The Balaban J connectivity index is 1.58. The summed E-state index contributed by atoms with van der Waals surface area (Å²) in [6.45, 7) is 3.21. The molecule has 2 aromatic rings. The smallest absolute Gasteiger partial charge is 0.255 e. The van der Waals surface area contributed by atoms with E-state index in [0.29, 0.717) is 40.1 Å². The van der Waals surface area contributed by atoms with Gasteiger partial charge in [0.2, 0.25) is 11.8 Å². The molecule has 0 aliphatic carbocycles. The molecule has 0 saturated carbocycles. The van der Waals surface area contributed by atoms with Crippen molar-refractivity contribution in [3.63, 3.8) is 0 Å². The van der Waals surface area contributed by atoms with Crippen molar-refractivity contribution in [2.24, 2.45) is 5.92 Å². The van der Waals surface area contributed by atoms with Gasteiger partial charge in [0.15, 0.2) is 0 Å². The molecule has 1 heterocycles. The van der Waals surface area contributed by atoms with Gasteiger partial charge in [-0.25, -0.2) is 0 Å².